The summed E-state index contributed by atoms with van der Waals surface area (Å²) in [4.78, 5) is 26.0. The van der Waals surface area contributed by atoms with Gasteiger partial charge in [-0.3, -0.25) is 9.59 Å². The lowest BCUT2D eigenvalue weighted by molar-refractivity contribution is -0.136. The Labute approximate surface area is 143 Å². The van der Waals surface area contributed by atoms with Gasteiger partial charge in [0, 0.05) is 31.0 Å². The molecule has 1 aromatic rings. The van der Waals surface area contributed by atoms with Crippen LogP contribution in [0.15, 0.2) is 24.3 Å². The highest BCUT2D eigenvalue weighted by atomic mass is 16.5. The highest BCUT2D eigenvalue weighted by molar-refractivity contribution is 6.39. The van der Waals surface area contributed by atoms with Crippen LogP contribution in [0.2, 0.25) is 0 Å². The Morgan fingerprint density at radius 2 is 1.92 bits per heavy atom. The molecule has 24 heavy (non-hydrogen) atoms. The van der Waals surface area contributed by atoms with Crippen molar-refractivity contribution < 1.29 is 14.3 Å². The van der Waals surface area contributed by atoms with E-state index < -0.39 is 11.8 Å². The third-order valence-corrected chi connectivity index (χ3v) is 4.00. The van der Waals surface area contributed by atoms with Gasteiger partial charge in [0.25, 0.3) is 0 Å². The molecule has 2 rings (SSSR count). The monoisotopic (exact) mass is 333 g/mol. The molecule has 0 atom stereocenters. The summed E-state index contributed by atoms with van der Waals surface area (Å²) in [6, 6.07) is 7.55. The van der Waals surface area contributed by atoms with Gasteiger partial charge in [-0.2, -0.15) is 0 Å². The van der Waals surface area contributed by atoms with Crippen LogP contribution in [0.3, 0.4) is 0 Å². The summed E-state index contributed by atoms with van der Waals surface area (Å²) < 4.78 is 5.35. The van der Waals surface area contributed by atoms with Gasteiger partial charge in [-0.15, -0.1) is 0 Å². The largest absolute Gasteiger partial charge is 0.378 e. The minimum absolute atomic E-state index is 0.542. The van der Waals surface area contributed by atoms with Gasteiger partial charge < -0.3 is 20.3 Å². The summed E-state index contributed by atoms with van der Waals surface area (Å²) in [6.07, 6.45) is 4.27. The molecule has 0 unspecified atom stereocenters. The SMILES string of the molecule is CCCCCCNC(=O)C(=O)Nc1cccc(N2CCOCC2)c1. The lowest BCUT2D eigenvalue weighted by Gasteiger charge is -2.29. The van der Waals surface area contributed by atoms with Crippen molar-refractivity contribution in [3.05, 3.63) is 24.3 Å². The molecule has 2 N–H and O–H groups in total. The van der Waals surface area contributed by atoms with Crippen LogP contribution >= 0.6 is 0 Å². The third-order valence-electron chi connectivity index (χ3n) is 4.00. The predicted octanol–water partition coefficient (Wildman–Crippen LogP) is 2.16. The number of anilines is 2. The Bertz CT molecular complexity index is 542. The molecule has 1 aliphatic heterocycles. The summed E-state index contributed by atoms with van der Waals surface area (Å²) in [5.41, 5.74) is 1.65. The van der Waals surface area contributed by atoms with Gasteiger partial charge in [0.2, 0.25) is 0 Å². The number of hydrogen-bond donors (Lipinski definition) is 2. The van der Waals surface area contributed by atoms with E-state index in [0.29, 0.717) is 25.4 Å². The van der Waals surface area contributed by atoms with E-state index in [2.05, 4.69) is 22.5 Å². The first-order chi connectivity index (χ1) is 11.7. The maximum atomic E-state index is 12.0. The summed E-state index contributed by atoms with van der Waals surface area (Å²) >= 11 is 0. The first-order valence-electron chi connectivity index (χ1n) is 8.72. The standard InChI is InChI=1S/C18H27N3O3/c1-2-3-4-5-9-19-17(22)18(23)20-15-7-6-8-16(14-15)21-10-12-24-13-11-21/h6-8,14H,2-5,9-13H2,1H3,(H,19,22)(H,20,23). The first-order valence-corrected chi connectivity index (χ1v) is 8.72. The average Bonchev–Trinajstić information content (AvgIpc) is 2.62. The number of hydrogen-bond acceptors (Lipinski definition) is 4. The van der Waals surface area contributed by atoms with Crippen molar-refractivity contribution in [2.75, 3.05) is 43.1 Å². The van der Waals surface area contributed by atoms with Crippen molar-refractivity contribution in [3.63, 3.8) is 0 Å². The summed E-state index contributed by atoms with van der Waals surface area (Å²) in [5, 5.41) is 5.33. The highest BCUT2D eigenvalue weighted by Crippen LogP contribution is 2.20. The van der Waals surface area contributed by atoms with E-state index >= 15 is 0 Å². The van der Waals surface area contributed by atoms with Gasteiger partial charge in [-0.1, -0.05) is 32.3 Å². The molecule has 0 radical (unpaired) electrons. The van der Waals surface area contributed by atoms with E-state index in [1.165, 1.54) is 0 Å². The van der Waals surface area contributed by atoms with Crippen LogP contribution in [-0.4, -0.2) is 44.7 Å². The van der Waals surface area contributed by atoms with Crippen LogP contribution in [-0.2, 0) is 14.3 Å². The van der Waals surface area contributed by atoms with Crippen LogP contribution in [0, 0.1) is 0 Å². The molecule has 0 saturated carbocycles. The zero-order chi connectivity index (χ0) is 17.2. The second kappa shape index (κ2) is 9.93. The molecule has 1 aliphatic rings. The van der Waals surface area contributed by atoms with Gasteiger partial charge >= 0.3 is 11.8 Å². The molecule has 0 bridgehead atoms. The topological polar surface area (TPSA) is 70.7 Å². The molecular weight excluding hydrogens is 306 g/mol. The Morgan fingerprint density at radius 3 is 2.67 bits per heavy atom. The molecule has 132 valence electrons. The Hall–Kier alpha value is -2.08. The second-order valence-corrected chi connectivity index (χ2v) is 5.92. The van der Waals surface area contributed by atoms with Crippen molar-refractivity contribution in [1.82, 2.24) is 5.32 Å². The number of rotatable bonds is 7. The number of amides is 2. The minimum Gasteiger partial charge on any atom is -0.378 e. The molecule has 1 heterocycles. The van der Waals surface area contributed by atoms with E-state index in [9.17, 15) is 9.59 Å². The molecule has 0 aliphatic carbocycles. The fraction of sp³-hybridized carbons (Fsp3) is 0.556. The van der Waals surface area contributed by atoms with E-state index in [0.717, 1.165) is 44.5 Å². The van der Waals surface area contributed by atoms with Crippen LogP contribution in [0.25, 0.3) is 0 Å². The number of unbranched alkanes of at least 4 members (excludes halogenated alkanes) is 3. The fourth-order valence-electron chi connectivity index (χ4n) is 2.62. The molecule has 2 amide bonds. The van der Waals surface area contributed by atoms with Gasteiger partial charge in [-0.25, -0.2) is 0 Å². The number of nitrogens with zero attached hydrogens (tertiary/aromatic N) is 1. The van der Waals surface area contributed by atoms with Gasteiger partial charge in [0.15, 0.2) is 0 Å². The van der Waals surface area contributed by atoms with Crippen LogP contribution < -0.4 is 15.5 Å². The maximum Gasteiger partial charge on any atom is 0.313 e. The summed E-state index contributed by atoms with van der Waals surface area (Å²) in [7, 11) is 0. The number of nitrogens with one attached hydrogen (secondary N) is 2. The van der Waals surface area contributed by atoms with E-state index in [-0.39, 0.29) is 0 Å². The van der Waals surface area contributed by atoms with Crippen molar-refractivity contribution in [1.29, 1.82) is 0 Å². The van der Waals surface area contributed by atoms with Gasteiger partial charge in [-0.05, 0) is 24.6 Å². The molecule has 0 spiro atoms. The zero-order valence-electron chi connectivity index (χ0n) is 14.3. The number of morpholine rings is 1. The van der Waals surface area contributed by atoms with Crippen LogP contribution in [0.5, 0.6) is 0 Å². The average molecular weight is 333 g/mol. The van der Waals surface area contributed by atoms with Gasteiger partial charge in [0.1, 0.15) is 0 Å². The van der Waals surface area contributed by atoms with E-state index in [1.807, 2.05) is 18.2 Å². The maximum absolute atomic E-state index is 12.0. The Balaban J connectivity index is 1.81. The van der Waals surface area contributed by atoms with Gasteiger partial charge in [0.05, 0.1) is 13.2 Å². The molecule has 1 aromatic carbocycles. The molecule has 1 saturated heterocycles. The summed E-state index contributed by atoms with van der Waals surface area (Å²) in [5.74, 6) is -1.20. The zero-order valence-corrected chi connectivity index (χ0v) is 14.3. The molecule has 0 aromatic heterocycles. The predicted molar refractivity (Wildman–Crippen MR) is 95.3 cm³/mol. The lowest BCUT2D eigenvalue weighted by atomic mass is 10.2. The van der Waals surface area contributed by atoms with E-state index in [1.54, 1.807) is 6.07 Å². The number of carbonyl (C=O) groups is 2. The molecule has 6 nitrogen and oxygen atoms in total. The normalized spacial score (nSPS) is 14.3. The first kappa shape index (κ1) is 18.3. The van der Waals surface area contributed by atoms with E-state index in [4.69, 9.17) is 4.74 Å². The molecular formula is C18H27N3O3. The quantitative estimate of drug-likeness (QED) is 0.592. The lowest BCUT2D eigenvalue weighted by Crippen LogP contribution is -2.37. The summed E-state index contributed by atoms with van der Waals surface area (Å²) in [6.45, 7) is 5.75. The molecule has 1 fully saturated rings. The van der Waals surface area contributed by atoms with Crippen LogP contribution in [0.1, 0.15) is 32.6 Å². The van der Waals surface area contributed by atoms with Crippen molar-refractivity contribution >= 4 is 23.2 Å². The number of carbonyl (C=O) groups excluding carboxylic acids is 2. The number of benzene rings is 1. The third kappa shape index (κ3) is 5.85. The van der Waals surface area contributed by atoms with Crippen LogP contribution in [0.4, 0.5) is 11.4 Å². The Morgan fingerprint density at radius 1 is 1.12 bits per heavy atom. The highest BCUT2D eigenvalue weighted by Gasteiger charge is 2.15. The minimum atomic E-state index is -0.621. The Kier molecular flexibility index (Phi) is 7.55. The number of ether oxygens (including phenoxy) is 1. The molecule has 6 heteroatoms. The van der Waals surface area contributed by atoms with Crippen molar-refractivity contribution in [3.8, 4) is 0 Å². The smallest absolute Gasteiger partial charge is 0.313 e. The van der Waals surface area contributed by atoms with Crippen molar-refractivity contribution in [2.24, 2.45) is 0 Å². The fourth-order valence-corrected chi connectivity index (χ4v) is 2.62. The second-order valence-electron chi connectivity index (χ2n) is 5.92. The van der Waals surface area contributed by atoms with Crippen molar-refractivity contribution in [2.45, 2.75) is 32.6 Å².